The molecule has 0 radical (unpaired) electrons. The maximum atomic E-state index is 9.66. The van der Waals surface area contributed by atoms with Crippen LogP contribution in [0.15, 0.2) is 28.7 Å². The summed E-state index contributed by atoms with van der Waals surface area (Å²) in [7, 11) is 0. The molecular weight excluding hydrogens is 282 g/mol. The molecule has 0 aliphatic heterocycles. The van der Waals surface area contributed by atoms with Crippen LogP contribution in [0, 0.1) is 0 Å². The van der Waals surface area contributed by atoms with E-state index in [1.54, 1.807) is 0 Å². The van der Waals surface area contributed by atoms with Gasteiger partial charge in [-0.15, -0.1) is 0 Å². The van der Waals surface area contributed by atoms with E-state index in [1.807, 2.05) is 24.3 Å². The van der Waals surface area contributed by atoms with E-state index in [0.717, 1.165) is 10.0 Å². The fourth-order valence-electron chi connectivity index (χ4n) is 1.59. The molecule has 1 aromatic rings. The largest absolute Gasteiger partial charge is 0.389 e. The van der Waals surface area contributed by atoms with Crippen molar-refractivity contribution in [2.75, 3.05) is 13.2 Å². The third-order valence-corrected chi connectivity index (χ3v) is 3.18. The lowest BCUT2D eigenvalue weighted by molar-refractivity contribution is 0.0287. The first-order chi connectivity index (χ1) is 8.24. The number of aliphatic hydroxyl groups excluding tert-OH is 1. The number of rotatable bonds is 7. The van der Waals surface area contributed by atoms with Crippen molar-refractivity contribution in [3.05, 3.63) is 34.3 Å². The van der Waals surface area contributed by atoms with Gasteiger partial charge in [-0.25, -0.2) is 0 Å². The summed E-state index contributed by atoms with van der Waals surface area (Å²) >= 11 is 3.42. The number of aliphatic hydroxyl groups is 1. The summed E-state index contributed by atoms with van der Waals surface area (Å²) in [5.74, 6) is 0. The molecule has 17 heavy (non-hydrogen) atoms. The van der Waals surface area contributed by atoms with Gasteiger partial charge in [-0.05, 0) is 30.5 Å². The maximum absolute atomic E-state index is 9.66. The second kappa shape index (κ2) is 6.50. The van der Waals surface area contributed by atoms with E-state index in [1.165, 1.54) is 12.8 Å². The van der Waals surface area contributed by atoms with Crippen molar-refractivity contribution < 1.29 is 9.84 Å². The van der Waals surface area contributed by atoms with Gasteiger partial charge >= 0.3 is 0 Å². The van der Waals surface area contributed by atoms with Gasteiger partial charge in [0, 0.05) is 17.1 Å². The van der Waals surface area contributed by atoms with Crippen LogP contribution in [0.2, 0.25) is 0 Å². The summed E-state index contributed by atoms with van der Waals surface area (Å²) in [6.07, 6.45) is 2.07. The predicted molar refractivity (Wildman–Crippen MR) is 70.8 cm³/mol. The number of halogens is 1. The molecule has 0 amide bonds. The summed E-state index contributed by atoms with van der Waals surface area (Å²) in [6, 6.07) is 8.63. The molecule has 4 heteroatoms. The quantitative estimate of drug-likeness (QED) is 0.810. The van der Waals surface area contributed by atoms with Crippen molar-refractivity contribution in [3.8, 4) is 0 Å². The maximum Gasteiger partial charge on any atom is 0.0897 e. The fraction of sp³-hybridized carbons (Fsp3) is 0.538. The lowest BCUT2D eigenvalue weighted by Gasteiger charge is -2.12. The second-order valence-corrected chi connectivity index (χ2v) is 5.40. The Bertz CT molecular complexity index is 355. The Morgan fingerprint density at radius 2 is 2.29 bits per heavy atom. The van der Waals surface area contributed by atoms with E-state index in [-0.39, 0.29) is 0 Å². The number of hydrogen-bond donors (Lipinski definition) is 2. The zero-order valence-electron chi connectivity index (χ0n) is 9.73. The Morgan fingerprint density at radius 3 is 3.00 bits per heavy atom. The molecule has 0 heterocycles. The molecule has 0 saturated heterocycles. The Kier molecular flexibility index (Phi) is 4.98. The van der Waals surface area contributed by atoms with Gasteiger partial charge in [-0.1, -0.05) is 28.1 Å². The first kappa shape index (κ1) is 13.0. The van der Waals surface area contributed by atoms with Crippen molar-refractivity contribution in [2.45, 2.75) is 31.6 Å². The smallest absolute Gasteiger partial charge is 0.0897 e. The lowest BCUT2D eigenvalue weighted by Crippen LogP contribution is -2.31. The minimum Gasteiger partial charge on any atom is -0.389 e. The number of hydrogen-bond acceptors (Lipinski definition) is 3. The molecule has 1 aromatic carbocycles. The molecule has 0 spiro atoms. The molecule has 2 rings (SSSR count). The standard InChI is InChI=1S/C13H18BrNO2/c14-11-3-1-2-10(6-11)8-17-9-13(16)7-15-12-4-5-12/h1-3,6,12-13,15-16H,4-5,7-9H2. The van der Waals surface area contributed by atoms with Gasteiger partial charge < -0.3 is 15.2 Å². The van der Waals surface area contributed by atoms with E-state index < -0.39 is 6.10 Å². The molecule has 3 nitrogen and oxygen atoms in total. The third kappa shape index (κ3) is 5.17. The van der Waals surface area contributed by atoms with Gasteiger partial charge in [0.25, 0.3) is 0 Å². The third-order valence-electron chi connectivity index (χ3n) is 2.69. The van der Waals surface area contributed by atoms with Crippen LogP contribution in [0.5, 0.6) is 0 Å². The SMILES string of the molecule is OC(CNC1CC1)COCc1cccc(Br)c1. The molecule has 0 aromatic heterocycles. The van der Waals surface area contributed by atoms with E-state index >= 15 is 0 Å². The first-order valence-electron chi connectivity index (χ1n) is 5.97. The molecule has 0 bridgehead atoms. The summed E-state index contributed by atoms with van der Waals surface area (Å²) in [6.45, 7) is 1.55. The van der Waals surface area contributed by atoms with E-state index in [2.05, 4.69) is 21.2 Å². The number of benzene rings is 1. The van der Waals surface area contributed by atoms with Gasteiger partial charge in [0.2, 0.25) is 0 Å². The summed E-state index contributed by atoms with van der Waals surface area (Å²) in [5, 5.41) is 12.9. The minimum atomic E-state index is -0.414. The molecule has 1 atom stereocenters. The Morgan fingerprint density at radius 1 is 1.47 bits per heavy atom. The molecule has 1 saturated carbocycles. The second-order valence-electron chi connectivity index (χ2n) is 4.48. The highest BCUT2D eigenvalue weighted by Crippen LogP contribution is 2.18. The number of ether oxygens (including phenoxy) is 1. The lowest BCUT2D eigenvalue weighted by atomic mass is 10.2. The topological polar surface area (TPSA) is 41.5 Å². The van der Waals surface area contributed by atoms with Crippen LogP contribution in [-0.2, 0) is 11.3 Å². The number of nitrogens with one attached hydrogen (secondary N) is 1. The zero-order valence-corrected chi connectivity index (χ0v) is 11.3. The highest BCUT2D eigenvalue weighted by Gasteiger charge is 2.21. The van der Waals surface area contributed by atoms with Crippen molar-refractivity contribution >= 4 is 15.9 Å². The molecule has 2 N–H and O–H groups in total. The first-order valence-corrected chi connectivity index (χ1v) is 6.77. The minimum absolute atomic E-state index is 0.381. The zero-order chi connectivity index (χ0) is 12.1. The van der Waals surface area contributed by atoms with Crippen molar-refractivity contribution in [1.29, 1.82) is 0 Å². The van der Waals surface area contributed by atoms with Crippen molar-refractivity contribution in [3.63, 3.8) is 0 Å². The average Bonchev–Trinajstić information content (AvgIpc) is 3.10. The van der Waals surface area contributed by atoms with Crippen molar-refractivity contribution in [2.24, 2.45) is 0 Å². The van der Waals surface area contributed by atoms with Gasteiger partial charge in [0.05, 0.1) is 19.3 Å². The Labute approximate surface area is 110 Å². The Hall–Kier alpha value is -0.420. The molecule has 1 aliphatic carbocycles. The summed E-state index contributed by atoms with van der Waals surface area (Å²) in [5.41, 5.74) is 1.11. The molecular formula is C13H18BrNO2. The summed E-state index contributed by atoms with van der Waals surface area (Å²) < 4.78 is 6.53. The van der Waals surface area contributed by atoms with Crippen LogP contribution in [0.4, 0.5) is 0 Å². The van der Waals surface area contributed by atoms with Crippen LogP contribution in [0.1, 0.15) is 18.4 Å². The van der Waals surface area contributed by atoms with E-state index in [4.69, 9.17) is 4.74 Å². The van der Waals surface area contributed by atoms with Crippen LogP contribution in [-0.4, -0.2) is 30.4 Å². The normalized spacial score (nSPS) is 17.1. The van der Waals surface area contributed by atoms with Crippen LogP contribution >= 0.6 is 15.9 Å². The van der Waals surface area contributed by atoms with E-state index in [0.29, 0.717) is 25.8 Å². The highest BCUT2D eigenvalue weighted by atomic mass is 79.9. The molecule has 1 aliphatic rings. The highest BCUT2D eigenvalue weighted by molar-refractivity contribution is 9.10. The van der Waals surface area contributed by atoms with Crippen LogP contribution in [0.3, 0.4) is 0 Å². The van der Waals surface area contributed by atoms with Gasteiger partial charge in [0.1, 0.15) is 0 Å². The van der Waals surface area contributed by atoms with Crippen LogP contribution < -0.4 is 5.32 Å². The monoisotopic (exact) mass is 299 g/mol. The van der Waals surface area contributed by atoms with Crippen LogP contribution in [0.25, 0.3) is 0 Å². The molecule has 1 unspecified atom stereocenters. The molecule has 1 fully saturated rings. The molecule has 94 valence electrons. The van der Waals surface area contributed by atoms with E-state index in [9.17, 15) is 5.11 Å². The van der Waals surface area contributed by atoms with Gasteiger partial charge in [-0.2, -0.15) is 0 Å². The predicted octanol–water partition coefficient (Wildman–Crippen LogP) is 2.08. The van der Waals surface area contributed by atoms with Gasteiger partial charge in [0.15, 0.2) is 0 Å². The summed E-state index contributed by atoms with van der Waals surface area (Å²) in [4.78, 5) is 0. The van der Waals surface area contributed by atoms with Crippen molar-refractivity contribution in [1.82, 2.24) is 5.32 Å². The average molecular weight is 300 g/mol. The Balaban J connectivity index is 1.61. The van der Waals surface area contributed by atoms with Gasteiger partial charge in [-0.3, -0.25) is 0 Å². The fourth-order valence-corrected chi connectivity index (χ4v) is 2.04.